The quantitative estimate of drug-likeness (QED) is 0.604. The fraction of sp³-hybridized carbons (Fsp3) is 0.400. The van der Waals surface area contributed by atoms with Gasteiger partial charge in [0.15, 0.2) is 0 Å². The van der Waals surface area contributed by atoms with Crippen molar-refractivity contribution in [3.63, 3.8) is 0 Å². The summed E-state index contributed by atoms with van der Waals surface area (Å²) in [4.78, 5) is 41.7. The highest BCUT2D eigenvalue weighted by Crippen LogP contribution is 2.42. The highest BCUT2D eigenvalue weighted by atomic mass is 35.5. The normalized spacial score (nSPS) is 21.4. The van der Waals surface area contributed by atoms with Crippen LogP contribution in [0.4, 0.5) is 0 Å². The third-order valence-corrected chi connectivity index (χ3v) is 6.87. The summed E-state index contributed by atoms with van der Waals surface area (Å²) < 4.78 is 11.2. The summed E-state index contributed by atoms with van der Waals surface area (Å²) in [6, 6.07) is 14.4. The van der Waals surface area contributed by atoms with Crippen molar-refractivity contribution in [2.24, 2.45) is 0 Å². The van der Waals surface area contributed by atoms with E-state index in [-0.39, 0.29) is 36.7 Å². The number of halogens is 1. The minimum Gasteiger partial charge on any atom is -0.497 e. The van der Waals surface area contributed by atoms with Gasteiger partial charge in [-0.3, -0.25) is 19.3 Å². The van der Waals surface area contributed by atoms with E-state index >= 15 is 0 Å². The number of piperidine rings is 1. The zero-order chi connectivity index (χ0) is 23.6. The van der Waals surface area contributed by atoms with Crippen molar-refractivity contribution in [3.8, 4) is 11.5 Å². The van der Waals surface area contributed by atoms with E-state index in [0.717, 1.165) is 16.4 Å². The maximum atomic E-state index is 13.3. The van der Waals surface area contributed by atoms with Crippen LogP contribution < -0.4 is 9.47 Å². The summed E-state index contributed by atoms with van der Waals surface area (Å²) in [5, 5.41) is 0.383. The van der Waals surface area contributed by atoms with E-state index in [1.807, 2.05) is 24.3 Å². The van der Waals surface area contributed by atoms with Crippen molar-refractivity contribution in [3.05, 3.63) is 59.1 Å². The van der Waals surface area contributed by atoms with Crippen LogP contribution in [0.15, 0.2) is 48.5 Å². The van der Waals surface area contributed by atoms with E-state index in [9.17, 15) is 14.4 Å². The number of amides is 3. The molecule has 4 rings (SSSR count). The van der Waals surface area contributed by atoms with Gasteiger partial charge < -0.3 is 14.4 Å². The number of rotatable bonds is 6. The number of hydrogen-bond donors (Lipinski definition) is 0. The van der Waals surface area contributed by atoms with E-state index < -0.39 is 5.41 Å². The number of nitrogens with zero attached hydrogens (tertiary/aromatic N) is 2. The maximum absolute atomic E-state index is 13.3. The van der Waals surface area contributed by atoms with Crippen LogP contribution in [0.25, 0.3) is 0 Å². The molecule has 0 bridgehead atoms. The Kier molecular flexibility index (Phi) is 6.61. The Balaban J connectivity index is 1.44. The number of carbonyl (C=O) groups excluding carboxylic acids is 3. The van der Waals surface area contributed by atoms with E-state index in [4.69, 9.17) is 21.1 Å². The fourth-order valence-corrected chi connectivity index (χ4v) is 4.94. The smallest absolute Gasteiger partial charge is 0.240 e. The second-order valence-electron chi connectivity index (χ2n) is 8.55. The van der Waals surface area contributed by atoms with Gasteiger partial charge in [0.05, 0.1) is 12.5 Å². The molecule has 0 aliphatic carbocycles. The molecule has 0 aromatic heterocycles. The molecule has 2 fully saturated rings. The minimum atomic E-state index is -1.27. The molecule has 2 aliphatic heterocycles. The number of methoxy groups -OCH3 is 1. The zero-order valence-corrected chi connectivity index (χ0v) is 19.5. The van der Waals surface area contributed by atoms with Crippen molar-refractivity contribution >= 4 is 29.3 Å². The predicted molar refractivity (Wildman–Crippen MR) is 123 cm³/mol. The maximum Gasteiger partial charge on any atom is 0.240 e. The van der Waals surface area contributed by atoms with Crippen LogP contribution >= 0.6 is 11.6 Å². The molecule has 7 nitrogen and oxygen atoms in total. The Hall–Kier alpha value is -3.06. The van der Waals surface area contributed by atoms with Gasteiger partial charge in [-0.05, 0) is 35.9 Å². The topological polar surface area (TPSA) is 76.2 Å². The first-order valence-electron chi connectivity index (χ1n) is 11.0. The highest BCUT2D eigenvalue weighted by molar-refractivity contribution is 6.32. The van der Waals surface area contributed by atoms with E-state index in [1.54, 1.807) is 36.3 Å². The summed E-state index contributed by atoms with van der Waals surface area (Å²) in [7, 11) is 3.07. The number of benzene rings is 2. The molecule has 2 aromatic carbocycles. The number of likely N-dealkylation sites (N-methyl/N-ethyl adjacent to an activating group) is 1. The van der Waals surface area contributed by atoms with Crippen molar-refractivity contribution in [1.82, 2.24) is 9.80 Å². The molecule has 2 aliphatic rings. The van der Waals surface area contributed by atoms with E-state index in [0.29, 0.717) is 36.5 Å². The second kappa shape index (κ2) is 9.43. The van der Waals surface area contributed by atoms with E-state index in [1.165, 1.54) is 7.05 Å². The molecule has 33 heavy (non-hydrogen) atoms. The third kappa shape index (κ3) is 4.55. The first-order valence-corrected chi connectivity index (χ1v) is 11.4. The number of likely N-dealkylation sites (tertiary alicyclic amines) is 2. The molecule has 0 spiro atoms. The first-order chi connectivity index (χ1) is 15.8. The van der Waals surface area contributed by atoms with Crippen LogP contribution in [-0.4, -0.2) is 60.9 Å². The third-order valence-electron chi connectivity index (χ3n) is 6.54. The standard InChI is InChI=1S/C25H27ClN2O5/c1-27-22(29)15-25(24(27)31,20-5-3-4-6-21(20)26)16-23(30)28-13-11-19(12-14-28)33-18-9-7-17(32-2)8-10-18/h3-10,19H,11-16H2,1-2H3. The van der Waals surface area contributed by atoms with Gasteiger partial charge in [0, 0.05) is 50.8 Å². The van der Waals surface area contributed by atoms with Crippen molar-refractivity contribution in [1.29, 1.82) is 0 Å². The molecular formula is C25H27ClN2O5. The van der Waals surface area contributed by atoms with Gasteiger partial charge in [0.25, 0.3) is 0 Å². The van der Waals surface area contributed by atoms with Gasteiger partial charge in [0.1, 0.15) is 17.6 Å². The lowest BCUT2D eigenvalue weighted by atomic mass is 9.75. The van der Waals surface area contributed by atoms with Gasteiger partial charge in [-0.1, -0.05) is 29.8 Å². The molecule has 0 saturated carbocycles. The summed E-state index contributed by atoms with van der Waals surface area (Å²) in [5.74, 6) is 0.678. The van der Waals surface area contributed by atoms with Crippen LogP contribution in [0.3, 0.4) is 0 Å². The van der Waals surface area contributed by atoms with E-state index in [2.05, 4.69) is 0 Å². The lowest BCUT2D eigenvalue weighted by molar-refractivity contribution is -0.142. The Morgan fingerprint density at radius 3 is 2.27 bits per heavy atom. The van der Waals surface area contributed by atoms with Gasteiger partial charge in [-0.25, -0.2) is 0 Å². The molecule has 2 saturated heterocycles. The fourth-order valence-electron chi connectivity index (χ4n) is 4.62. The lowest BCUT2D eigenvalue weighted by Crippen LogP contribution is -2.46. The van der Waals surface area contributed by atoms with Crippen molar-refractivity contribution < 1.29 is 23.9 Å². The van der Waals surface area contributed by atoms with Gasteiger partial charge in [-0.15, -0.1) is 0 Å². The molecule has 174 valence electrons. The van der Waals surface area contributed by atoms with Crippen LogP contribution in [0.5, 0.6) is 11.5 Å². The van der Waals surface area contributed by atoms with Crippen LogP contribution in [0, 0.1) is 0 Å². The summed E-state index contributed by atoms with van der Waals surface area (Å²) in [6.07, 6.45) is 1.22. The van der Waals surface area contributed by atoms with Crippen LogP contribution in [0.2, 0.25) is 5.02 Å². The van der Waals surface area contributed by atoms with Gasteiger partial charge in [-0.2, -0.15) is 0 Å². The Bertz CT molecular complexity index is 1050. The zero-order valence-electron chi connectivity index (χ0n) is 18.8. The minimum absolute atomic E-state index is 0.000737. The Morgan fingerprint density at radius 2 is 1.70 bits per heavy atom. The number of ether oxygens (including phenoxy) is 2. The van der Waals surface area contributed by atoms with Crippen molar-refractivity contribution in [2.75, 3.05) is 27.2 Å². The first kappa shape index (κ1) is 23.1. The Morgan fingerprint density at radius 1 is 1.06 bits per heavy atom. The largest absolute Gasteiger partial charge is 0.497 e. The van der Waals surface area contributed by atoms with Crippen molar-refractivity contribution in [2.45, 2.75) is 37.2 Å². The average molecular weight is 471 g/mol. The predicted octanol–water partition coefficient (Wildman–Crippen LogP) is 3.44. The van der Waals surface area contributed by atoms with Crippen LogP contribution in [-0.2, 0) is 19.8 Å². The monoisotopic (exact) mass is 470 g/mol. The molecular weight excluding hydrogens is 444 g/mol. The van der Waals surface area contributed by atoms with Gasteiger partial charge in [0.2, 0.25) is 17.7 Å². The average Bonchev–Trinajstić information content (AvgIpc) is 3.04. The summed E-state index contributed by atoms with van der Waals surface area (Å²) >= 11 is 6.41. The molecule has 1 atom stereocenters. The number of hydrogen-bond acceptors (Lipinski definition) is 5. The lowest BCUT2D eigenvalue weighted by Gasteiger charge is -2.35. The second-order valence-corrected chi connectivity index (χ2v) is 8.95. The molecule has 3 amide bonds. The summed E-state index contributed by atoms with van der Waals surface area (Å²) in [5.41, 5.74) is -0.738. The molecule has 0 radical (unpaired) electrons. The SMILES string of the molecule is COc1ccc(OC2CCN(C(=O)CC3(c4ccccc4Cl)CC(=O)N(C)C3=O)CC2)cc1. The summed E-state index contributed by atoms with van der Waals surface area (Å²) in [6.45, 7) is 1.05. The van der Waals surface area contributed by atoms with Gasteiger partial charge >= 0.3 is 0 Å². The molecule has 0 N–H and O–H groups in total. The molecule has 2 aromatic rings. The Labute approximate surface area is 198 Å². The molecule has 8 heteroatoms. The van der Waals surface area contributed by atoms with Crippen LogP contribution in [0.1, 0.15) is 31.2 Å². The molecule has 1 unspecified atom stereocenters. The number of imide groups is 1. The number of carbonyl (C=O) groups is 3. The highest BCUT2D eigenvalue weighted by Gasteiger charge is 2.53. The molecule has 2 heterocycles.